The predicted molar refractivity (Wildman–Crippen MR) is 79.2 cm³/mol. The van der Waals surface area contributed by atoms with Crippen molar-refractivity contribution in [2.45, 2.75) is 11.9 Å². The molecule has 1 aromatic heterocycles. The van der Waals surface area contributed by atoms with E-state index in [0.29, 0.717) is 5.69 Å². The Bertz CT molecular complexity index is 813. The number of nitrogens with one attached hydrogen (secondary N) is 1. The van der Waals surface area contributed by atoms with Crippen LogP contribution in [-0.2, 0) is 17.1 Å². The molecule has 6 nitrogen and oxygen atoms in total. The second-order valence-electron chi connectivity index (χ2n) is 4.47. The molecule has 0 spiro atoms. The van der Waals surface area contributed by atoms with Crippen LogP contribution in [0, 0.1) is 18.8 Å². The van der Waals surface area contributed by atoms with Crippen molar-refractivity contribution in [2.75, 3.05) is 11.3 Å². The number of nitrogens with zero attached hydrogens (tertiary/aromatic N) is 2. The maximum absolute atomic E-state index is 12.1. The average molecular weight is 305 g/mol. The monoisotopic (exact) mass is 305 g/mol. The fourth-order valence-corrected chi connectivity index (χ4v) is 2.77. The molecular weight excluding hydrogens is 290 g/mol. The van der Waals surface area contributed by atoms with Crippen molar-refractivity contribution >= 4 is 15.7 Å². The van der Waals surface area contributed by atoms with Gasteiger partial charge in [0.2, 0.25) is 0 Å². The van der Waals surface area contributed by atoms with E-state index in [2.05, 4.69) is 21.5 Å². The van der Waals surface area contributed by atoms with Crippen LogP contribution in [0.4, 0.5) is 5.69 Å². The van der Waals surface area contributed by atoms with Gasteiger partial charge in [-0.25, -0.2) is 4.98 Å². The van der Waals surface area contributed by atoms with E-state index >= 15 is 0 Å². The first-order valence-electron chi connectivity index (χ1n) is 6.13. The van der Waals surface area contributed by atoms with Gasteiger partial charge in [0.15, 0.2) is 5.03 Å². The van der Waals surface area contributed by atoms with Gasteiger partial charge >= 0.3 is 0 Å². The summed E-state index contributed by atoms with van der Waals surface area (Å²) in [7, 11) is -2.00. The van der Waals surface area contributed by atoms with Crippen LogP contribution in [0.15, 0.2) is 35.7 Å². The van der Waals surface area contributed by atoms with Crippen LogP contribution in [0.25, 0.3) is 0 Å². The second-order valence-corrected chi connectivity index (χ2v) is 6.10. The van der Waals surface area contributed by atoms with Crippen LogP contribution in [0.3, 0.4) is 0 Å². The number of rotatable bonds is 3. The number of benzene rings is 1. The molecule has 0 atom stereocenters. The lowest BCUT2D eigenvalue weighted by Gasteiger charge is -2.07. The molecule has 1 aromatic carbocycles. The first-order chi connectivity index (χ1) is 9.92. The molecule has 0 bridgehead atoms. The van der Waals surface area contributed by atoms with Gasteiger partial charge in [0.1, 0.15) is 6.61 Å². The third-order valence-electron chi connectivity index (χ3n) is 2.74. The summed E-state index contributed by atoms with van der Waals surface area (Å²) in [6, 6.07) is 5.00. The van der Waals surface area contributed by atoms with Crippen molar-refractivity contribution in [1.29, 1.82) is 0 Å². The summed E-state index contributed by atoms with van der Waals surface area (Å²) in [6.07, 6.45) is 2.85. The minimum atomic E-state index is -3.70. The number of sulfonamides is 1. The lowest BCUT2D eigenvalue weighted by atomic mass is 10.1. The molecule has 0 unspecified atom stereocenters. The summed E-state index contributed by atoms with van der Waals surface area (Å²) in [6.45, 7) is 1.60. The minimum absolute atomic E-state index is 0.0354. The third-order valence-corrected chi connectivity index (χ3v) is 4.00. The Kier molecular flexibility index (Phi) is 4.31. The van der Waals surface area contributed by atoms with E-state index in [0.717, 1.165) is 11.1 Å². The number of anilines is 1. The Hall–Kier alpha value is -2.30. The molecule has 2 aromatic rings. The zero-order valence-electron chi connectivity index (χ0n) is 11.7. The number of aromatic nitrogens is 2. The molecule has 0 radical (unpaired) electrons. The van der Waals surface area contributed by atoms with Gasteiger partial charge in [-0.15, -0.1) is 0 Å². The van der Waals surface area contributed by atoms with Crippen LogP contribution >= 0.6 is 0 Å². The van der Waals surface area contributed by atoms with Crippen molar-refractivity contribution in [2.24, 2.45) is 7.05 Å². The van der Waals surface area contributed by atoms with E-state index in [1.54, 1.807) is 29.8 Å². The molecule has 0 aliphatic heterocycles. The summed E-state index contributed by atoms with van der Waals surface area (Å²) in [5.41, 5.74) is 2.00. The standard InChI is InChI=1S/C14H15N3O3S/c1-11-8-13(6-5-12(11)4-3-7-18)16-21(19,20)14-9-17(2)10-15-14/h5-6,8-10,16,18H,7H2,1-2H3. The second kappa shape index (κ2) is 5.99. The first-order valence-corrected chi connectivity index (χ1v) is 7.62. The molecule has 0 aliphatic carbocycles. The highest BCUT2D eigenvalue weighted by Gasteiger charge is 2.17. The molecule has 1 heterocycles. The van der Waals surface area contributed by atoms with E-state index in [4.69, 9.17) is 5.11 Å². The van der Waals surface area contributed by atoms with Crippen molar-refractivity contribution in [3.8, 4) is 11.8 Å². The maximum Gasteiger partial charge on any atom is 0.280 e. The van der Waals surface area contributed by atoms with Gasteiger partial charge in [-0.2, -0.15) is 8.42 Å². The minimum Gasteiger partial charge on any atom is -0.384 e. The summed E-state index contributed by atoms with van der Waals surface area (Å²) in [5, 5.41) is 8.64. The zero-order chi connectivity index (χ0) is 15.5. The SMILES string of the molecule is Cc1cc(NS(=O)(=O)c2cn(C)cn2)ccc1C#CCO. The average Bonchev–Trinajstić information content (AvgIpc) is 2.85. The van der Waals surface area contributed by atoms with Crippen molar-refractivity contribution in [3.63, 3.8) is 0 Å². The molecule has 0 fully saturated rings. The van der Waals surface area contributed by atoms with E-state index in [1.165, 1.54) is 12.5 Å². The maximum atomic E-state index is 12.1. The molecule has 2 N–H and O–H groups in total. The van der Waals surface area contributed by atoms with Crippen molar-refractivity contribution in [1.82, 2.24) is 9.55 Å². The Morgan fingerprint density at radius 2 is 2.19 bits per heavy atom. The predicted octanol–water partition coefficient (Wildman–Crippen LogP) is 0.873. The topological polar surface area (TPSA) is 84.2 Å². The summed E-state index contributed by atoms with van der Waals surface area (Å²) >= 11 is 0. The molecule has 2 rings (SSSR count). The molecular formula is C14H15N3O3S. The van der Waals surface area contributed by atoms with Gasteiger partial charge in [-0.1, -0.05) is 11.8 Å². The van der Waals surface area contributed by atoms with Crippen LogP contribution in [0.5, 0.6) is 0 Å². The lowest BCUT2D eigenvalue weighted by molar-refractivity contribution is 0.350. The summed E-state index contributed by atoms with van der Waals surface area (Å²) < 4.78 is 28.3. The molecule has 0 amide bonds. The van der Waals surface area contributed by atoms with Crippen LogP contribution in [-0.4, -0.2) is 29.7 Å². The number of aliphatic hydroxyl groups is 1. The van der Waals surface area contributed by atoms with Gasteiger partial charge in [-0.05, 0) is 30.7 Å². The van der Waals surface area contributed by atoms with Gasteiger partial charge in [0.25, 0.3) is 10.0 Å². The van der Waals surface area contributed by atoms with Gasteiger partial charge in [-0.3, -0.25) is 4.72 Å². The molecule has 7 heteroatoms. The number of aryl methyl sites for hydroxylation is 2. The Morgan fingerprint density at radius 1 is 1.43 bits per heavy atom. The summed E-state index contributed by atoms with van der Waals surface area (Å²) in [5.74, 6) is 5.35. The van der Waals surface area contributed by atoms with Crippen LogP contribution < -0.4 is 4.72 Å². The lowest BCUT2D eigenvalue weighted by Crippen LogP contribution is -2.13. The molecule has 0 aliphatic rings. The van der Waals surface area contributed by atoms with E-state index < -0.39 is 10.0 Å². The summed E-state index contributed by atoms with van der Waals surface area (Å²) in [4.78, 5) is 3.83. The largest absolute Gasteiger partial charge is 0.384 e. The normalized spacial score (nSPS) is 10.8. The van der Waals surface area contributed by atoms with Gasteiger partial charge in [0, 0.05) is 24.5 Å². The highest BCUT2D eigenvalue weighted by atomic mass is 32.2. The third kappa shape index (κ3) is 3.62. The Morgan fingerprint density at radius 3 is 2.76 bits per heavy atom. The number of hydrogen-bond donors (Lipinski definition) is 2. The fourth-order valence-electron chi connectivity index (χ4n) is 1.74. The van der Waals surface area contributed by atoms with Crippen LogP contribution in [0.2, 0.25) is 0 Å². The molecule has 0 saturated carbocycles. The van der Waals surface area contributed by atoms with E-state index in [9.17, 15) is 8.42 Å². The number of imidazole rings is 1. The Labute approximate surface area is 123 Å². The smallest absolute Gasteiger partial charge is 0.280 e. The van der Waals surface area contributed by atoms with E-state index in [1.807, 2.05) is 6.92 Å². The zero-order valence-corrected chi connectivity index (χ0v) is 12.5. The van der Waals surface area contributed by atoms with Gasteiger partial charge < -0.3 is 9.67 Å². The molecule has 110 valence electrons. The number of hydrogen-bond acceptors (Lipinski definition) is 4. The Balaban J connectivity index is 2.26. The van der Waals surface area contributed by atoms with Gasteiger partial charge in [0.05, 0.1) is 6.33 Å². The van der Waals surface area contributed by atoms with Crippen molar-refractivity contribution in [3.05, 3.63) is 41.9 Å². The van der Waals surface area contributed by atoms with E-state index in [-0.39, 0.29) is 11.6 Å². The molecule has 21 heavy (non-hydrogen) atoms. The highest BCUT2D eigenvalue weighted by molar-refractivity contribution is 7.92. The number of aliphatic hydroxyl groups excluding tert-OH is 1. The molecule has 0 saturated heterocycles. The fraction of sp³-hybridized carbons (Fsp3) is 0.214. The first kappa shape index (κ1) is 15.1. The van der Waals surface area contributed by atoms with Crippen LogP contribution in [0.1, 0.15) is 11.1 Å². The highest BCUT2D eigenvalue weighted by Crippen LogP contribution is 2.18. The quantitative estimate of drug-likeness (QED) is 0.824. The van der Waals surface area contributed by atoms with Crippen molar-refractivity contribution < 1.29 is 13.5 Å².